The molecule has 0 aromatic heterocycles. The predicted octanol–water partition coefficient (Wildman–Crippen LogP) is 3.54. The predicted molar refractivity (Wildman–Crippen MR) is 125 cm³/mol. The monoisotopic (exact) mass is 462 g/mol. The van der Waals surface area contributed by atoms with Gasteiger partial charge in [-0.05, 0) is 50.6 Å². The van der Waals surface area contributed by atoms with Crippen molar-refractivity contribution >= 4 is 24.3 Å². The van der Waals surface area contributed by atoms with Crippen LogP contribution in [0.25, 0.3) is 0 Å². The van der Waals surface area contributed by atoms with Crippen LogP contribution in [0.15, 0.2) is 54.6 Å². The van der Waals surface area contributed by atoms with Crippen LogP contribution < -0.4 is 10.1 Å². The number of amides is 1. The van der Waals surface area contributed by atoms with Crippen molar-refractivity contribution in [3.63, 3.8) is 0 Å². The van der Waals surface area contributed by atoms with Gasteiger partial charge in [-0.3, -0.25) is 9.69 Å². The Morgan fingerprint density at radius 2 is 1.75 bits per heavy atom. The molecule has 1 atom stereocenters. The van der Waals surface area contributed by atoms with Gasteiger partial charge in [0.2, 0.25) is 5.91 Å². The van der Waals surface area contributed by atoms with E-state index >= 15 is 0 Å². The molecule has 0 radical (unpaired) electrons. The van der Waals surface area contributed by atoms with Crippen molar-refractivity contribution in [2.45, 2.75) is 31.3 Å². The van der Waals surface area contributed by atoms with E-state index in [1.165, 1.54) is 0 Å². The van der Waals surface area contributed by atoms with Crippen LogP contribution in [-0.4, -0.2) is 60.8 Å². The van der Waals surface area contributed by atoms with Gasteiger partial charge in [0.15, 0.2) is 0 Å². The molecule has 2 N–H and O–H groups in total. The van der Waals surface area contributed by atoms with Gasteiger partial charge in [0, 0.05) is 19.8 Å². The number of carboxylic acids is 1. The summed E-state index contributed by atoms with van der Waals surface area (Å²) < 4.78 is 11.3. The number of hydrogen-bond donors (Lipinski definition) is 2. The number of carbonyl (C=O) groups excluding carboxylic acids is 1. The summed E-state index contributed by atoms with van der Waals surface area (Å²) >= 11 is 0. The maximum absolute atomic E-state index is 13.5. The van der Waals surface area contributed by atoms with Crippen molar-refractivity contribution in [1.29, 1.82) is 0 Å². The number of ether oxygens (including phenoxy) is 2. The van der Waals surface area contributed by atoms with E-state index in [1.807, 2.05) is 49.2 Å². The lowest BCUT2D eigenvalue weighted by Gasteiger charge is -2.43. The number of halogens is 1. The number of nitrogens with one attached hydrogen (secondary N) is 1. The minimum Gasteiger partial charge on any atom is -0.492 e. The van der Waals surface area contributed by atoms with Crippen molar-refractivity contribution < 1.29 is 24.2 Å². The molecule has 174 valence electrons. The molecule has 2 aromatic rings. The quantitative estimate of drug-likeness (QED) is 0.592. The van der Waals surface area contributed by atoms with Crippen molar-refractivity contribution in [3.8, 4) is 5.75 Å². The fourth-order valence-electron chi connectivity index (χ4n) is 4.00. The summed E-state index contributed by atoms with van der Waals surface area (Å²) in [5, 5.41) is 12.5. The van der Waals surface area contributed by atoms with Crippen LogP contribution in [0, 0.1) is 0 Å². The highest BCUT2D eigenvalue weighted by Crippen LogP contribution is 2.29. The van der Waals surface area contributed by atoms with Crippen LogP contribution in [0.3, 0.4) is 0 Å². The molecule has 1 amide bonds. The smallest absolute Gasteiger partial charge is 0.336 e. The van der Waals surface area contributed by atoms with E-state index in [0.717, 1.165) is 5.75 Å². The van der Waals surface area contributed by atoms with Crippen molar-refractivity contribution in [1.82, 2.24) is 10.2 Å². The third-order valence-corrected chi connectivity index (χ3v) is 5.92. The standard InChI is InChI=1S/C24H30N2O5.ClH/c1-18(20-10-6-7-11-21(20)22(27)28)25-23(29)24(12-15-30-16-13-24)26(2)14-17-31-19-8-4-3-5-9-19;/h3-11,18H,12-17H2,1-2H3,(H,25,29)(H,27,28);1H. The summed E-state index contributed by atoms with van der Waals surface area (Å²) in [5.41, 5.74) is 0.0478. The minimum atomic E-state index is -1.01. The first-order valence-corrected chi connectivity index (χ1v) is 10.5. The lowest BCUT2D eigenvalue weighted by atomic mass is 9.86. The van der Waals surface area contributed by atoms with E-state index in [1.54, 1.807) is 24.3 Å². The summed E-state index contributed by atoms with van der Waals surface area (Å²) in [6.45, 7) is 3.83. The molecule has 2 aromatic carbocycles. The van der Waals surface area contributed by atoms with Gasteiger partial charge in [-0.15, -0.1) is 12.4 Å². The molecule has 0 bridgehead atoms. The SMILES string of the molecule is CC(NC(=O)C1(N(C)CCOc2ccccc2)CCOCC1)c1ccccc1C(=O)O.Cl. The summed E-state index contributed by atoms with van der Waals surface area (Å²) in [6.07, 6.45) is 1.13. The Bertz CT molecular complexity index is 887. The van der Waals surface area contributed by atoms with Crippen LogP contribution in [0.1, 0.15) is 41.7 Å². The Morgan fingerprint density at radius 1 is 1.12 bits per heavy atom. The van der Waals surface area contributed by atoms with E-state index in [-0.39, 0.29) is 23.9 Å². The van der Waals surface area contributed by atoms with Gasteiger partial charge in [0.05, 0.1) is 11.6 Å². The highest BCUT2D eigenvalue weighted by molar-refractivity contribution is 5.90. The Morgan fingerprint density at radius 3 is 2.41 bits per heavy atom. The van der Waals surface area contributed by atoms with E-state index in [4.69, 9.17) is 9.47 Å². The molecule has 3 rings (SSSR count). The number of hydrogen-bond acceptors (Lipinski definition) is 5. The fourth-order valence-corrected chi connectivity index (χ4v) is 4.00. The molecule has 1 unspecified atom stereocenters. The maximum atomic E-state index is 13.5. The highest BCUT2D eigenvalue weighted by atomic mass is 35.5. The normalized spacial score (nSPS) is 16.0. The molecule has 1 heterocycles. The minimum absolute atomic E-state index is 0. The van der Waals surface area contributed by atoms with Gasteiger partial charge in [-0.1, -0.05) is 36.4 Å². The lowest BCUT2D eigenvalue weighted by molar-refractivity contribution is -0.140. The first-order valence-electron chi connectivity index (χ1n) is 10.5. The van der Waals surface area contributed by atoms with Gasteiger partial charge < -0.3 is 19.9 Å². The molecule has 32 heavy (non-hydrogen) atoms. The molecular weight excluding hydrogens is 432 g/mol. The van der Waals surface area contributed by atoms with Gasteiger partial charge >= 0.3 is 5.97 Å². The largest absolute Gasteiger partial charge is 0.492 e. The second kappa shape index (κ2) is 11.9. The molecule has 1 aliphatic rings. The topological polar surface area (TPSA) is 88.1 Å². The van der Waals surface area contributed by atoms with Crippen LogP contribution in [-0.2, 0) is 9.53 Å². The van der Waals surface area contributed by atoms with Crippen LogP contribution in [0.4, 0.5) is 0 Å². The summed E-state index contributed by atoms with van der Waals surface area (Å²) in [4.78, 5) is 27.1. The second-order valence-electron chi connectivity index (χ2n) is 7.81. The molecular formula is C24H31ClN2O5. The maximum Gasteiger partial charge on any atom is 0.336 e. The average Bonchev–Trinajstić information content (AvgIpc) is 2.80. The summed E-state index contributed by atoms with van der Waals surface area (Å²) in [7, 11) is 1.93. The third kappa shape index (κ3) is 6.00. The lowest BCUT2D eigenvalue weighted by Crippen LogP contribution is -2.61. The van der Waals surface area contributed by atoms with Gasteiger partial charge in [-0.25, -0.2) is 4.79 Å². The fraction of sp³-hybridized carbons (Fsp3) is 0.417. The van der Waals surface area contributed by atoms with Crippen LogP contribution in [0.5, 0.6) is 5.75 Å². The Hall–Kier alpha value is -2.61. The molecule has 0 saturated carbocycles. The van der Waals surface area contributed by atoms with Gasteiger partial charge in [0.25, 0.3) is 0 Å². The van der Waals surface area contributed by atoms with E-state index in [9.17, 15) is 14.7 Å². The number of nitrogens with zero attached hydrogens (tertiary/aromatic N) is 1. The molecule has 1 aliphatic heterocycles. The van der Waals surface area contributed by atoms with E-state index in [2.05, 4.69) is 5.32 Å². The number of para-hydroxylation sites is 1. The Kier molecular flexibility index (Phi) is 9.50. The molecule has 0 aliphatic carbocycles. The van der Waals surface area contributed by atoms with Gasteiger partial charge in [-0.2, -0.15) is 0 Å². The first kappa shape index (κ1) is 25.6. The third-order valence-electron chi connectivity index (χ3n) is 5.92. The number of carbonyl (C=O) groups is 2. The molecule has 0 spiro atoms. The Labute approximate surface area is 195 Å². The summed E-state index contributed by atoms with van der Waals surface area (Å²) in [5.74, 6) is -0.335. The summed E-state index contributed by atoms with van der Waals surface area (Å²) in [6, 6.07) is 15.9. The van der Waals surface area contributed by atoms with Crippen molar-refractivity contribution in [2.24, 2.45) is 0 Å². The zero-order valence-electron chi connectivity index (χ0n) is 18.5. The van der Waals surface area contributed by atoms with E-state index < -0.39 is 17.6 Å². The molecule has 1 saturated heterocycles. The van der Waals surface area contributed by atoms with Crippen molar-refractivity contribution in [3.05, 3.63) is 65.7 Å². The number of aromatic carboxylic acids is 1. The molecule has 1 fully saturated rings. The van der Waals surface area contributed by atoms with Crippen molar-refractivity contribution in [2.75, 3.05) is 33.4 Å². The van der Waals surface area contributed by atoms with Gasteiger partial charge in [0.1, 0.15) is 17.9 Å². The average molecular weight is 463 g/mol. The zero-order chi connectivity index (χ0) is 22.3. The first-order chi connectivity index (χ1) is 14.9. The molecule has 7 nitrogen and oxygen atoms in total. The van der Waals surface area contributed by atoms with Crippen LogP contribution >= 0.6 is 12.4 Å². The number of rotatable bonds is 9. The van der Waals surface area contributed by atoms with Crippen LogP contribution in [0.2, 0.25) is 0 Å². The zero-order valence-corrected chi connectivity index (χ0v) is 19.3. The Balaban J connectivity index is 0.00000363. The second-order valence-corrected chi connectivity index (χ2v) is 7.81. The number of benzene rings is 2. The molecule has 8 heteroatoms. The highest BCUT2D eigenvalue weighted by Gasteiger charge is 2.44. The number of likely N-dealkylation sites (N-methyl/N-ethyl adjacent to an activating group) is 1. The van der Waals surface area contributed by atoms with E-state index in [0.29, 0.717) is 44.8 Å². The number of carboxylic acid groups (broad SMARTS) is 1.